The van der Waals surface area contributed by atoms with Gasteiger partial charge in [-0.25, -0.2) is 8.78 Å². The van der Waals surface area contributed by atoms with Gasteiger partial charge in [0, 0.05) is 4.90 Å². The van der Waals surface area contributed by atoms with Crippen molar-refractivity contribution in [3.8, 4) is 5.75 Å². The van der Waals surface area contributed by atoms with E-state index in [0.717, 1.165) is 19.2 Å². The fourth-order valence-electron chi connectivity index (χ4n) is 0.833. The number of hydrogen-bond donors (Lipinski definition) is 0. The summed E-state index contributed by atoms with van der Waals surface area (Å²) in [5.41, 5.74) is 0. The molecule has 0 atom stereocenters. The number of hydrogen-bond acceptors (Lipinski definition) is 5. The summed E-state index contributed by atoms with van der Waals surface area (Å²) in [4.78, 5) is 0.0525. The summed E-state index contributed by atoms with van der Waals surface area (Å²) in [6.45, 7) is 0. The molecule has 1 aromatic rings. The minimum absolute atomic E-state index is 0.0525. The Morgan fingerprint density at radius 2 is 1.86 bits per heavy atom. The van der Waals surface area contributed by atoms with Gasteiger partial charge in [0.25, 0.3) is 0 Å². The van der Waals surface area contributed by atoms with E-state index in [4.69, 9.17) is 0 Å². The van der Waals surface area contributed by atoms with Crippen LogP contribution in [0.25, 0.3) is 0 Å². The van der Waals surface area contributed by atoms with Crippen molar-refractivity contribution in [1.29, 1.82) is 0 Å². The fraction of sp³-hybridized carbons (Fsp3) is 0.143. The molecule has 0 saturated carbocycles. The molecule has 0 amide bonds. The molecule has 0 N–H and O–H groups in total. The molecule has 0 unspecified atom stereocenters. The van der Waals surface area contributed by atoms with Crippen LogP contribution in [0.3, 0.4) is 0 Å². The second kappa shape index (κ2) is 5.11. The molecule has 0 saturated heterocycles. The summed E-state index contributed by atoms with van der Waals surface area (Å²) >= 11 is 0.398. The highest BCUT2D eigenvalue weighted by Gasteiger charge is 2.11. The molecule has 0 aliphatic heterocycles. The largest absolute Gasteiger partial charge is 0.691 e. The molecule has 4 nitrogen and oxygen atoms in total. The van der Waals surface area contributed by atoms with Gasteiger partial charge in [0.15, 0.2) is 17.4 Å². The molecule has 0 fully saturated rings. The van der Waals surface area contributed by atoms with Crippen LogP contribution in [0.4, 0.5) is 8.78 Å². The lowest BCUT2D eigenvalue weighted by Crippen LogP contribution is -2.01. The normalized spacial score (nSPS) is 10.3. The zero-order chi connectivity index (χ0) is 10.6. The van der Waals surface area contributed by atoms with E-state index >= 15 is 0 Å². The lowest BCUT2D eigenvalue weighted by atomic mass is 10.3. The van der Waals surface area contributed by atoms with Crippen molar-refractivity contribution < 1.29 is 28.1 Å². The molecular formula is C7H5F2O4S-. The van der Waals surface area contributed by atoms with Crippen LogP contribution in [0.2, 0.25) is 0 Å². The van der Waals surface area contributed by atoms with E-state index in [1.54, 1.807) is 0 Å². The second-order valence-electron chi connectivity index (χ2n) is 2.14. The third kappa shape index (κ3) is 2.55. The molecule has 0 aliphatic rings. The number of ether oxygens (including phenoxy) is 1. The van der Waals surface area contributed by atoms with Crippen molar-refractivity contribution in [3.05, 3.63) is 23.8 Å². The summed E-state index contributed by atoms with van der Waals surface area (Å²) in [7, 11) is 1.14. The number of methoxy groups -OCH3 is 1. The molecular weight excluding hydrogens is 218 g/mol. The molecule has 0 aromatic heterocycles. The average molecular weight is 223 g/mol. The Morgan fingerprint density at radius 3 is 2.29 bits per heavy atom. The van der Waals surface area contributed by atoms with E-state index < -0.39 is 17.4 Å². The van der Waals surface area contributed by atoms with Crippen LogP contribution in [0.1, 0.15) is 0 Å². The summed E-state index contributed by atoms with van der Waals surface area (Å²) in [5.74, 6) is -2.26. The number of halogens is 2. The summed E-state index contributed by atoms with van der Waals surface area (Å²) < 4.78 is 34.3. The van der Waals surface area contributed by atoms with Crippen molar-refractivity contribution in [2.45, 2.75) is 4.90 Å². The van der Waals surface area contributed by atoms with Crippen LogP contribution in [-0.2, 0) is 9.37 Å². The number of rotatable bonds is 4. The van der Waals surface area contributed by atoms with Crippen LogP contribution >= 0.6 is 12.0 Å². The molecule has 7 heteroatoms. The van der Waals surface area contributed by atoms with Gasteiger partial charge in [0.2, 0.25) is 0 Å². The number of benzene rings is 1. The van der Waals surface area contributed by atoms with Crippen LogP contribution in [-0.4, -0.2) is 7.11 Å². The summed E-state index contributed by atoms with van der Waals surface area (Å²) in [6.07, 6.45) is 0. The minimum atomic E-state index is -0.885. The van der Waals surface area contributed by atoms with Crippen LogP contribution < -0.4 is 9.99 Å². The van der Waals surface area contributed by atoms with Crippen molar-refractivity contribution in [3.63, 3.8) is 0 Å². The Hall–Kier alpha value is -0.890. The van der Waals surface area contributed by atoms with Gasteiger partial charge in [0.1, 0.15) is 0 Å². The van der Waals surface area contributed by atoms with Gasteiger partial charge in [0.05, 0.1) is 19.2 Å². The van der Waals surface area contributed by atoms with Gasteiger partial charge >= 0.3 is 0 Å². The maximum Gasteiger partial charge on any atom is 0.190 e. The summed E-state index contributed by atoms with van der Waals surface area (Å²) in [5, 5.41) is 12.5. The highest BCUT2D eigenvalue weighted by Crippen LogP contribution is 2.28. The zero-order valence-corrected chi connectivity index (χ0v) is 7.77. The first-order valence-electron chi connectivity index (χ1n) is 3.35. The molecule has 0 radical (unpaired) electrons. The maximum atomic E-state index is 13.0. The minimum Gasteiger partial charge on any atom is -0.691 e. The predicted molar refractivity (Wildman–Crippen MR) is 40.9 cm³/mol. The van der Waals surface area contributed by atoms with Crippen LogP contribution in [0.5, 0.6) is 5.75 Å². The Kier molecular flexibility index (Phi) is 4.08. The van der Waals surface area contributed by atoms with E-state index in [9.17, 15) is 14.0 Å². The molecule has 0 spiro atoms. The highest BCUT2D eigenvalue weighted by atomic mass is 32.2. The molecule has 14 heavy (non-hydrogen) atoms. The van der Waals surface area contributed by atoms with E-state index in [0.29, 0.717) is 12.0 Å². The third-order valence-electron chi connectivity index (χ3n) is 1.33. The quantitative estimate of drug-likeness (QED) is 0.436. The Balaban J connectivity index is 2.90. The van der Waals surface area contributed by atoms with Gasteiger partial charge in [-0.2, -0.15) is 4.33 Å². The lowest BCUT2D eigenvalue weighted by Gasteiger charge is -2.06. The molecule has 1 rings (SSSR count). The first-order valence-corrected chi connectivity index (χ1v) is 4.09. The topological polar surface area (TPSA) is 50.8 Å². The average Bonchev–Trinajstić information content (AvgIpc) is 2.14. The standard InChI is InChI=1S/C7H6F2O4S/c1-11-7-5(8)2-4(3-6(7)9)14-13-12-10/h2-3,10H,1H3/p-1. The van der Waals surface area contributed by atoms with E-state index in [1.807, 2.05) is 0 Å². The molecule has 78 valence electrons. The van der Waals surface area contributed by atoms with Gasteiger partial charge in [-0.05, 0) is 12.1 Å². The van der Waals surface area contributed by atoms with E-state index in [1.165, 1.54) is 0 Å². The van der Waals surface area contributed by atoms with Gasteiger partial charge in [-0.1, -0.05) is 0 Å². The molecule has 0 bridgehead atoms. The molecule has 0 heterocycles. The summed E-state index contributed by atoms with van der Waals surface area (Å²) in [6, 6.07) is 1.90. The monoisotopic (exact) mass is 223 g/mol. The lowest BCUT2D eigenvalue weighted by molar-refractivity contribution is -0.777. The van der Waals surface area contributed by atoms with Gasteiger partial charge < -0.3 is 9.99 Å². The van der Waals surface area contributed by atoms with Crippen molar-refractivity contribution in [1.82, 2.24) is 0 Å². The fourth-order valence-corrected chi connectivity index (χ4v) is 1.24. The Bertz CT molecular complexity index is 298. The predicted octanol–water partition coefficient (Wildman–Crippen LogP) is 1.20. The Morgan fingerprint density at radius 1 is 1.29 bits per heavy atom. The van der Waals surface area contributed by atoms with E-state index in [2.05, 4.69) is 14.1 Å². The van der Waals surface area contributed by atoms with Gasteiger partial charge in [-0.15, -0.1) is 0 Å². The maximum absolute atomic E-state index is 13.0. The van der Waals surface area contributed by atoms with Gasteiger partial charge in [-0.3, -0.25) is 5.04 Å². The first-order chi connectivity index (χ1) is 6.69. The van der Waals surface area contributed by atoms with Crippen LogP contribution in [0.15, 0.2) is 17.0 Å². The SMILES string of the molecule is COc1c(F)cc(SOO[O-])cc1F. The van der Waals surface area contributed by atoms with Crippen LogP contribution in [0, 0.1) is 11.6 Å². The highest BCUT2D eigenvalue weighted by molar-refractivity contribution is 7.94. The van der Waals surface area contributed by atoms with Crippen molar-refractivity contribution in [2.75, 3.05) is 7.11 Å². The zero-order valence-electron chi connectivity index (χ0n) is 6.95. The smallest absolute Gasteiger partial charge is 0.190 e. The van der Waals surface area contributed by atoms with Crippen molar-refractivity contribution in [2.24, 2.45) is 0 Å². The molecule has 1 aromatic carbocycles. The Labute approximate surface area is 82.5 Å². The molecule has 0 aliphatic carbocycles. The first kappa shape index (κ1) is 11.2. The second-order valence-corrected chi connectivity index (χ2v) is 2.91. The third-order valence-corrected chi connectivity index (χ3v) is 1.89. The van der Waals surface area contributed by atoms with E-state index in [-0.39, 0.29) is 4.90 Å². The van der Waals surface area contributed by atoms with Crippen molar-refractivity contribution >= 4 is 12.0 Å².